The molecule has 1 saturated heterocycles. The summed E-state index contributed by atoms with van der Waals surface area (Å²) < 4.78 is 5.39. The molecule has 0 N–H and O–H groups in total. The molecule has 0 unspecified atom stereocenters. The molecule has 1 aliphatic carbocycles. The molecule has 1 saturated carbocycles. The van der Waals surface area contributed by atoms with Gasteiger partial charge in [-0.15, -0.1) is 19.0 Å². The summed E-state index contributed by atoms with van der Waals surface area (Å²) in [4.78, 5) is 17.5. The fraction of sp³-hybridized carbons (Fsp3) is 0.409. The number of para-hydroxylation sites is 1. The van der Waals surface area contributed by atoms with Crippen LogP contribution in [0.3, 0.4) is 0 Å². The number of benzene rings is 1. The molecule has 2 fully saturated rings. The molecule has 144 valence electrons. The smallest absolute Gasteiger partial charge is 0.294 e. The quantitative estimate of drug-likeness (QED) is 0.694. The van der Waals surface area contributed by atoms with E-state index in [9.17, 15) is 4.79 Å². The summed E-state index contributed by atoms with van der Waals surface area (Å²) >= 11 is 0. The molecule has 0 bridgehead atoms. The minimum Gasteiger partial charge on any atom is -0.459 e. The van der Waals surface area contributed by atoms with Crippen molar-refractivity contribution >= 4 is 24.0 Å². The molecule has 2 heterocycles. The second-order valence-electron chi connectivity index (χ2n) is 7.64. The summed E-state index contributed by atoms with van der Waals surface area (Å²) in [5, 5.41) is 0. The van der Waals surface area contributed by atoms with E-state index in [1.54, 1.807) is 18.4 Å². The van der Waals surface area contributed by atoms with Gasteiger partial charge in [0.2, 0.25) is 0 Å². The molecule has 1 amide bonds. The lowest BCUT2D eigenvalue weighted by Gasteiger charge is -2.55. The maximum atomic E-state index is 13.1. The molecule has 0 radical (unpaired) electrons. The van der Waals surface area contributed by atoms with E-state index in [1.807, 2.05) is 41.3 Å². The average molecular weight is 387 g/mol. The summed E-state index contributed by atoms with van der Waals surface area (Å²) in [6, 6.07) is 13.8. The molecular weight excluding hydrogens is 360 g/mol. The molecule has 2 aromatic rings. The molecule has 4 nitrogen and oxygen atoms in total. The summed E-state index contributed by atoms with van der Waals surface area (Å²) in [7, 11) is 0. The highest BCUT2D eigenvalue weighted by Gasteiger charge is 2.49. The number of carbonyl (C=O) groups excluding carboxylic acids is 1. The Morgan fingerprint density at radius 1 is 1.19 bits per heavy atom. The summed E-state index contributed by atoms with van der Waals surface area (Å²) in [5.74, 6) is 0.376. The molecular formula is C22H27ClN2O2. The minimum atomic E-state index is -0.0369. The number of halogens is 1. The Kier molecular flexibility index (Phi) is 6.08. The van der Waals surface area contributed by atoms with Gasteiger partial charge in [0.1, 0.15) is 0 Å². The Hall–Kier alpha value is -2.04. The lowest BCUT2D eigenvalue weighted by molar-refractivity contribution is 0.0185. The van der Waals surface area contributed by atoms with Gasteiger partial charge in [0.25, 0.3) is 5.91 Å². The second kappa shape index (κ2) is 8.32. The average Bonchev–Trinajstić information content (AvgIpc) is 3.18. The van der Waals surface area contributed by atoms with Crippen molar-refractivity contribution in [3.05, 3.63) is 67.1 Å². The van der Waals surface area contributed by atoms with Crippen molar-refractivity contribution in [1.29, 1.82) is 0 Å². The Morgan fingerprint density at radius 2 is 1.89 bits per heavy atom. The first-order valence-corrected chi connectivity index (χ1v) is 9.46. The molecule has 1 spiro atoms. The SMILES string of the molecule is C=CCN1CCC2(CC1)CC(N(C(=O)c1ccco1)c1ccccc1)C2.Cl. The van der Waals surface area contributed by atoms with E-state index >= 15 is 0 Å². The molecule has 1 aromatic carbocycles. The van der Waals surface area contributed by atoms with E-state index in [2.05, 4.69) is 11.5 Å². The van der Waals surface area contributed by atoms with Gasteiger partial charge in [-0.25, -0.2) is 0 Å². The monoisotopic (exact) mass is 386 g/mol. The Labute approximate surface area is 167 Å². The Balaban J connectivity index is 0.00000210. The van der Waals surface area contributed by atoms with Gasteiger partial charge >= 0.3 is 0 Å². The first-order chi connectivity index (χ1) is 12.7. The fourth-order valence-electron chi connectivity index (χ4n) is 4.52. The van der Waals surface area contributed by atoms with Crippen LogP contribution < -0.4 is 4.90 Å². The highest BCUT2D eigenvalue weighted by Crippen LogP contribution is 2.51. The van der Waals surface area contributed by atoms with Crippen LogP contribution in [0.1, 0.15) is 36.2 Å². The van der Waals surface area contributed by atoms with Gasteiger partial charge < -0.3 is 9.32 Å². The van der Waals surface area contributed by atoms with Crippen molar-refractivity contribution in [2.24, 2.45) is 5.41 Å². The summed E-state index contributed by atoms with van der Waals surface area (Å²) in [5.41, 5.74) is 1.36. The number of piperidine rings is 1. The molecule has 5 heteroatoms. The number of carbonyl (C=O) groups is 1. The second-order valence-corrected chi connectivity index (χ2v) is 7.64. The summed E-state index contributed by atoms with van der Waals surface area (Å²) in [6.07, 6.45) is 8.14. The largest absolute Gasteiger partial charge is 0.459 e. The van der Waals surface area contributed by atoms with Gasteiger partial charge in [-0.1, -0.05) is 24.3 Å². The third-order valence-electron chi connectivity index (χ3n) is 5.99. The number of anilines is 1. The van der Waals surface area contributed by atoms with Crippen LogP contribution in [0.5, 0.6) is 0 Å². The van der Waals surface area contributed by atoms with Crippen LogP contribution in [0.2, 0.25) is 0 Å². The van der Waals surface area contributed by atoms with E-state index in [1.165, 1.54) is 12.8 Å². The lowest BCUT2D eigenvalue weighted by Crippen LogP contribution is -2.56. The van der Waals surface area contributed by atoms with E-state index in [0.717, 1.165) is 38.2 Å². The number of likely N-dealkylation sites (tertiary alicyclic amines) is 1. The van der Waals surface area contributed by atoms with E-state index in [4.69, 9.17) is 4.42 Å². The maximum Gasteiger partial charge on any atom is 0.294 e. The number of hydrogen-bond donors (Lipinski definition) is 0. The highest BCUT2D eigenvalue weighted by molar-refractivity contribution is 6.04. The normalized spacial score (nSPS) is 19.1. The van der Waals surface area contributed by atoms with E-state index in [0.29, 0.717) is 11.2 Å². The predicted molar refractivity (Wildman–Crippen MR) is 111 cm³/mol. The number of nitrogens with zero attached hydrogens (tertiary/aromatic N) is 2. The predicted octanol–water partition coefficient (Wildman–Crippen LogP) is 4.78. The first kappa shape index (κ1) is 19.7. The highest BCUT2D eigenvalue weighted by atomic mass is 35.5. The van der Waals surface area contributed by atoms with Gasteiger partial charge in [0.15, 0.2) is 5.76 Å². The minimum absolute atomic E-state index is 0. The molecule has 1 aromatic heterocycles. The Morgan fingerprint density at radius 3 is 2.48 bits per heavy atom. The zero-order valence-corrected chi connectivity index (χ0v) is 16.4. The summed E-state index contributed by atoms with van der Waals surface area (Å²) in [6.45, 7) is 7.09. The van der Waals surface area contributed by atoms with Crippen LogP contribution in [-0.4, -0.2) is 36.5 Å². The van der Waals surface area contributed by atoms with Gasteiger partial charge in [-0.2, -0.15) is 0 Å². The van der Waals surface area contributed by atoms with E-state index < -0.39 is 0 Å². The number of rotatable bonds is 5. The first-order valence-electron chi connectivity index (χ1n) is 9.46. The van der Waals surface area contributed by atoms with Gasteiger partial charge in [-0.05, 0) is 68.5 Å². The molecule has 0 atom stereocenters. The zero-order chi connectivity index (χ0) is 18.0. The van der Waals surface area contributed by atoms with Crippen LogP contribution >= 0.6 is 12.4 Å². The molecule has 2 aliphatic rings. The van der Waals surface area contributed by atoms with Crippen molar-refractivity contribution < 1.29 is 9.21 Å². The number of amides is 1. The molecule has 4 rings (SSSR count). The van der Waals surface area contributed by atoms with Crippen LogP contribution in [0, 0.1) is 5.41 Å². The van der Waals surface area contributed by atoms with Gasteiger partial charge in [0, 0.05) is 18.3 Å². The standard InChI is InChI=1S/C22H26N2O2.ClH/c1-2-12-23-13-10-22(11-14-23)16-19(17-22)24(18-7-4-3-5-8-18)21(25)20-9-6-15-26-20;/h2-9,15,19H,1,10-14,16-17H2;1H. The molecule has 1 aliphatic heterocycles. The van der Waals surface area contributed by atoms with Crippen LogP contribution in [0.25, 0.3) is 0 Å². The van der Waals surface area contributed by atoms with Gasteiger partial charge in [0.05, 0.1) is 6.26 Å². The topological polar surface area (TPSA) is 36.7 Å². The number of furan rings is 1. The van der Waals surface area contributed by atoms with Crippen molar-refractivity contribution in [3.8, 4) is 0 Å². The third-order valence-corrected chi connectivity index (χ3v) is 5.99. The van der Waals surface area contributed by atoms with Crippen molar-refractivity contribution in [3.63, 3.8) is 0 Å². The lowest BCUT2D eigenvalue weighted by atomic mass is 9.60. The molecule has 27 heavy (non-hydrogen) atoms. The van der Waals surface area contributed by atoms with Crippen molar-refractivity contribution in [1.82, 2.24) is 4.90 Å². The van der Waals surface area contributed by atoms with Crippen LogP contribution in [0.4, 0.5) is 5.69 Å². The number of hydrogen-bond acceptors (Lipinski definition) is 3. The van der Waals surface area contributed by atoms with Crippen molar-refractivity contribution in [2.75, 3.05) is 24.5 Å². The van der Waals surface area contributed by atoms with Gasteiger partial charge in [-0.3, -0.25) is 9.69 Å². The fourth-order valence-corrected chi connectivity index (χ4v) is 4.52. The zero-order valence-electron chi connectivity index (χ0n) is 15.5. The maximum absolute atomic E-state index is 13.1. The van der Waals surface area contributed by atoms with E-state index in [-0.39, 0.29) is 24.4 Å². The third kappa shape index (κ3) is 3.97. The van der Waals surface area contributed by atoms with Crippen LogP contribution in [-0.2, 0) is 0 Å². The van der Waals surface area contributed by atoms with Crippen molar-refractivity contribution in [2.45, 2.75) is 31.7 Å². The Bertz CT molecular complexity index is 744. The van der Waals surface area contributed by atoms with Crippen LogP contribution in [0.15, 0.2) is 65.8 Å².